The van der Waals surface area contributed by atoms with E-state index < -0.39 is 0 Å². The number of allylic oxidation sites excluding steroid dienone is 4. The average molecular weight is 176 g/mol. The highest BCUT2D eigenvalue weighted by Crippen LogP contribution is 2.34. The highest BCUT2D eigenvalue weighted by Gasteiger charge is 2.20. The van der Waals surface area contributed by atoms with Gasteiger partial charge in [-0.1, -0.05) is 29.9 Å². The van der Waals surface area contributed by atoms with Crippen LogP contribution in [0.25, 0.3) is 0 Å². The molecule has 0 nitrogen and oxygen atoms in total. The van der Waals surface area contributed by atoms with Gasteiger partial charge in [-0.25, -0.2) is 0 Å². The second-order valence-electron chi connectivity index (χ2n) is 4.18. The molecule has 0 heteroatoms. The van der Waals surface area contributed by atoms with E-state index >= 15 is 0 Å². The van der Waals surface area contributed by atoms with Crippen LogP contribution in [-0.4, -0.2) is 0 Å². The lowest BCUT2D eigenvalue weighted by Crippen LogP contribution is -2.15. The van der Waals surface area contributed by atoms with Crippen LogP contribution in [0.1, 0.15) is 33.1 Å². The molecular weight excluding hydrogens is 156 g/mol. The van der Waals surface area contributed by atoms with Crippen molar-refractivity contribution in [1.82, 2.24) is 0 Å². The summed E-state index contributed by atoms with van der Waals surface area (Å²) in [5.74, 6) is 1.42. The molecule has 0 saturated carbocycles. The van der Waals surface area contributed by atoms with Gasteiger partial charge < -0.3 is 0 Å². The highest BCUT2D eigenvalue weighted by molar-refractivity contribution is 5.14. The van der Waals surface area contributed by atoms with E-state index in [2.05, 4.69) is 33.1 Å². The molecule has 1 aliphatic carbocycles. The molecule has 0 amide bonds. The van der Waals surface area contributed by atoms with Crippen molar-refractivity contribution in [3.05, 3.63) is 36.5 Å². The van der Waals surface area contributed by atoms with Gasteiger partial charge in [0.1, 0.15) is 0 Å². The van der Waals surface area contributed by atoms with Crippen molar-refractivity contribution < 1.29 is 0 Å². The molecule has 2 atom stereocenters. The van der Waals surface area contributed by atoms with E-state index in [0.717, 1.165) is 6.42 Å². The lowest BCUT2D eigenvalue weighted by atomic mass is 9.77. The molecule has 0 aromatic carbocycles. The van der Waals surface area contributed by atoms with E-state index in [1.54, 1.807) is 0 Å². The Bertz CT molecular complexity index is 232. The van der Waals surface area contributed by atoms with Crippen molar-refractivity contribution in [2.75, 3.05) is 0 Å². The summed E-state index contributed by atoms with van der Waals surface area (Å²) in [7, 11) is 0. The summed E-state index contributed by atoms with van der Waals surface area (Å²) < 4.78 is 0. The quantitative estimate of drug-likeness (QED) is 0.568. The van der Waals surface area contributed by atoms with Crippen LogP contribution in [0.3, 0.4) is 0 Å². The summed E-state index contributed by atoms with van der Waals surface area (Å²) in [6, 6.07) is 0. The van der Waals surface area contributed by atoms with Gasteiger partial charge in [-0.15, -0.1) is 6.58 Å². The Kier molecular flexibility index (Phi) is 3.53. The molecule has 72 valence electrons. The van der Waals surface area contributed by atoms with Gasteiger partial charge in [-0.3, -0.25) is 0 Å². The Morgan fingerprint density at radius 3 is 2.92 bits per heavy atom. The third kappa shape index (κ3) is 2.58. The SMILES string of the molecule is C=CCC1CC(C(=C)C)CC=C1C. The minimum absolute atomic E-state index is 0.702. The summed E-state index contributed by atoms with van der Waals surface area (Å²) in [4.78, 5) is 0. The normalized spacial score (nSPS) is 28.0. The zero-order valence-corrected chi connectivity index (χ0v) is 8.84. The van der Waals surface area contributed by atoms with E-state index in [1.807, 2.05) is 6.08 Å². The molecule has 0 heterocycles. The summed E-state index contributed by atoms with van der Waals surface area (Å²) in [5, 5.41) is 0. The molecular formula is C13H20. The molecule has 0 spiro atoms. The van der Waals surface area contributed by atoms with E-state index in [-0.39, 0.29) is 0 Å². The molecule has 0 N–H and O–H groups in total. The van der Waals surface area contributed by atoms with Gasteiger partial charge in [0, 0.05) is 0 Å². The van der Waals surface area contributed by atoms with Crippen LogP contribution in [0, 0.1) is 11.8 Å². The van der Waals surface area contributed by atoms with E-state index in [0.29, 0.717) is 11.8 Å². The summed E-state index contributed by atoms with van der Waals surface area (Å²) in [5.41, 5.74) is 2.87. The van der Waals surface area contributed by atoms with Crippen LogP contribution in [-0.2, 0) is 0 Å². The first kappa shape index (κ1) is 10.3. The molecule has 1 rings (SSSR count). The van der Waals surface area contributed by atoms with Gasteiger partial charge in [0.2, 0.25) is 0 Å². The van der Waals surface area contributed by atoms with Crippen LogP contribution >= 0.6 is 0 Å². The third-order valence-corrected chi connectivity index (χ3v) is 3.09. The van der Waals surface area contributed by atoms with Gasteiger partial charge >= 0.3 is 0 Å². The molecule has 0 saturated heterocycles. The maximum absolute atomic E-state index is 4.04. The fraction of sp³-hybridized carbons (Fsp3) is 0.538. The lowest BCUT2D eigenvalue weighted by molar-refractivity contribution is 0.428. The molecule has 1 aliphatic rings. The number of hydrogen-bond donors (Lipinski definition) is 0. The van der Waals surface area contributed by atoms with E-state index in [1.165, 1.54) is 24.0 Å². The summed E-state index contributed by atoms with van der Waals surface area (Å²) >= 11 is 0. The maximum Gasteiger partial charge on any atom is -0.0166 e. The molecule has 13 heavy (non-hydrogen) atoms. The van der Waals surface area contributed by atoms with Crippen LogP contribution < -0.4 is 0 Å². The van der Waals surface area contributed by atoms with Crippen LogP contribution in [0.15, 0.2) is 36.5 Å². The zero-order valence-electron chi connectivity index (χ0n) is 8.84. The van der Waals surface area contributed by atoms with E-state index in [9.17, 15) is 0 Å². The largest absolute Gasteiger partial charge is 0.103 e. The smallest absolute Gasteiger partial charge is 0.0166 e. The summed E-state index contributed by atoms with van der Waals surface area (Å²) in [6.07, 6.45) is 7.98. The van der Waals surface area contributed by atoms with Crippen molar-refractivity contribution in [2.45, 2.75) is 33.1 Å². The monoisotopic (exact) mass is 176 g/mol. The van der Waals surface area contributed by atoms with Crippen molar-refractivity contribution >= 4 is 0 Å². The standard InChI is InChI=1S/C13H20/c1-5-6-13-9-12(10(2)3)8-7-11(13)4/h5,7,12-13H,1-2,6,8-9H2,3-4H3. The zero-order chi connectivity index (χ0) is 9.84. The minimum Gasteiger partial charge on any atom is -0.103 e. The second kappa shape index (κ2) is 4.45. The van der Waals surface area contributed by atoms with Gasteiger partial charge in [0.15, 0.2) is 0 Å². The first-order valence-corrected chi connectivity index (χ1v) is 5.08. The fourth-order valence-corrected chi connectivity index (χ4v) is 2.01. The first-order chi connectivity index (χ1) is 6.15. The van der Waals surface area contributed by atoms with Crippen LogP contribution in [0.5, 0.6) is 0 Å². The molecule has 0 radical (unpaired) electrons. The Balaban J connectivity index is 2.65. The number of rotatable bonds is 3. The summed E-state index contributed by atoms with van der Waals surface area (Å²) in [6.45, 7) is 12.2. The number of hydrogen-bond acceptors (Lipinski definition) is 0. The molecule has 0 bridgehead atoms. The lowest BCUT2D eigenvalue weighted by Gasteiger charge is -2.28. The Labute approximate surface area is 82.0 Å². The predicted molar refractivity (Wildman–Crippen MR) is 59.6 cm³/mol. The highest BCUT2D eigenvalue weighted by atomic mass is 14.3. The Morgan fingerprint density at radius 2 is 2.38 bits per heavy atom. The van der Waals surface area contributed by atoms with Gasteiger partial charge in [0.05, 0.1) is 0 Å². The van der Waals surface area contributed by atoms with Crippen molar-refractivity contribution in [3.63, 3.8) is 0 Å². The van der Waals surface area contributed by atoms with Gasteiger partial charge in [-0.2, -0.15) is 0 Å². The van der Waals surface area contributed by atoms with Gasteiger partial charge in [-0.05, 0) is 44.9 Å². The third-order valence-electron chi connectivity index (χ3n) is 3.09. The molecule has 0 aromatic rings. The average Bonchev–Trinajstić information content (AvgIpc) is 2.08. The molecule has 2 unspecified atom stereocenters. The molecule has 0 aromatic heterocycles. The topological polar surface area (TPSA) is 0 Å². The Hall–Kier alpha value is -0.780. The maximum atomic E-state index is 4.04. The van der Waals surface area contributed by atoms with Crippen molar-refractivity contribution in [1.29, 1.82) is 0 Å². The fourth-order valence-electron chi connectivity index (χ4n) is 2.01. The van der Waals surface area contributed by atoms with Crippen LogP contribution in [0.4, 0.5) is 0 Å². The Morgan fingerprint density at radius 1 is 1.69 bits per heavy atom. The van der Waals surface area contributed by atoms with Gasteiger partial charge in [0.25, 0.3) is 0 Å². The van der Waals surface area contributed by atoms with Crippen molar-refractivity contribution in [2.24, 2.45) is 11.8 Å². The predicted octanol–water partition coefficient (Wildman–Crippen LogP) is 4.11. The first-order valence-electron chi connectivity index (χ1n) is 5.08. The van der Waals surface area contributed by atoms with Crippen LogP contribution in [0.2, 0.25) is 0 Å². The molecule has 0 fully saturated rings. The van der Waals surface area contributed by atoms with Crippen molar-refractivity contribution in [3.8, 4) is 0 Å². The second-order valence-corrected chi connectivity index (χ2v) is 4.18. The molecule has 0 aliphatic heterocycles. The minimum atomic E-state index is 0.702. The van der Waals surface area contributed by atoms with E-state index in [4.69, 9.17) is 0 Å².